The van der Waals surface area contributed by atoms with Gasteiger partial charge in [-0.25, -0.2) is 13.8 Å². The van der Waals surface area contributed by atoms with Crippen LogP contribution in [0.2, 0.25) is 0 Å². The fourth-order valence-electron chi connectivity index (χ4n) is 4.52. The molecule has 10 heteroatoms. The molecule has 0 saturated carbocycles. The molecule has 0 bridgehead atoms. The second-order valence-electron chi connectivity index (χ2n) is 8.99. The molecule has 0 aliphatic carbocycles. The van der Waals surface area contributed by atoms with Crippen molar-refractivity contribution in [3.8, 4) is 11.5 Å². The number of anilines is 2. The molecule has 0 atom stereocenters. The summed E-state index contributed by atoms with van der Waals surface area (Å²) in [5.74, 6) is -1.69. The zero-order chi connectivity index (χ0) is 24.8. The van der Waals surface area contributed by atoms with E-state index in [4.69, 9.17) is 4.98 Å². The standard InChI is InChI=1S/C26H23F2N7O/c1-34-8-10-35(11-9-34)17-4-7-21-23(14-17)31-25(30-21)24-19-6-3-16(13-22(19)32-33-24)29-26(36)18-5-2-15(27)12-20(18)28/h2-7,12-14H,8-11H2,1H3,(H,29,36)(H,30,31)(H,32,33). The Labute approximate surface area is 204 Å². The quantitative estimate of drug-likeness (QED) is 0.350. The molecule has 2 aromatic heterocycles. The van der Waals surface area contributed by atoms with Gasteiger partial charge in [0.25, 0.3) is 5.91 Å². The van der Waals surface area contributed by atoms with Crippen molar-refractivity contribution in [2.24, 2.45) is 0 Å². The number of carbonyl (C=O) groups is 1. The van der Waals surface area contributed by atoms with Gasteiger partial charge in [-0.05, 0) is 55.6 Å². The topological polar surface area (TPSA) is 92.9 Å². The lowest BCUT2D eigenvalue weighted by molar-refractivity contribution is 0.102. The van der Waals surface area contributed by atoms with E-state index in [-0.39, 0.29) is 5.56 Å². The van der Waals surface area contributed by atoms with Crippen LogP contribution in [0.25, 0.3) is 33.5 Å². The summed E-state index contributed by atoms with van der Waals surface area (Å²) >= 11 is 0. The van der Waals surface area contributed by atoms with Crippen molar-refractivity contribution in [1.82, 2.24) is 25.1 Å². The number of likely N-dealkylation sites (N-methyl/N-ethyl adjacent to an activating group) is 1. The minimum atomic E-state index is -0.918. The lowest BCUT2D eigenvalue weighted by Gasteiger charge is -2.34. The summed E-state index contributed by atoms with van der Waals surface area (Å²) in [6.07, 6.45) is 0. The fraction of sp³-hybridized carbons (Fsp3) is 0.192. The summed E-state index contributed by atoms with van der Waals surface area (Å²) in [7, 11) is 2.14. The second kappa shape index (κ2) is 8.72. The number of hydrogen-bond acceptors (Lipinski definition) is 5. The highest BCUT2D eigenvalue weighted by Crippen LogP contribution is 2.30. The van der Waals surface area contributed by atoms with Gasteiger partial charge in [0, 0.05) is 49.0 Å². The van der Waals surface area contributed by atoms with E-state index in [9.17, 15) is 13.6 Å². The summed E-state index contributed by atoms with van der Waals surface area (Å²) in [5, 5.41) is 10.9. The zero-order valence-corrected chi connectivity index (χ0v) is 19.5. The predicted molar refractivity (Wildman–Crippen MR) is 135 cm³/mol. The molecule has 1 fully saturated rings. The fourth-order valence-corrected chi connectivity index (χ4v) is 4.52. The first-order valence-electron chi connectivity index (χ1n) is 11.6. The summed E-state index contributed by atoms with van der Waals surface area (Å²) in [6, 6.07) is 14.3. The third-order valence-electron chi connectivity index (χ3n) is 6.55. The Balaban J connectivity index is 1.26. The Hall–Kier alpha value is -4.31. The Bertz CT molecular complexity index is 1600. The van der Waals surface area contributed by atoms with E-state index in [1.54, 1.807) is 12.1 Å². The summed E-state index contributed by atoms with van der Waals surface area (Å²) < 4.78 is 27.1. The Kier molecular flexibility index (Phi) is 5.37. The van der Waals surface area contributed by atoms with Gasteiger partial charge < -0.3 is 20.1 Å². The highest BCUT2D eigenvalue weighted by molar-refractivity contribution is 6.05. The Morgan fingerprint density at radius 1 is 0.972 bits per heavy atom. The molecule has 1 amide bonds. The van der Waals surface area contributed by atoms with Crippen LogP contribution in [-0.2, 0) is 0 Å². The van der Waals surface area contributed by atoms with E-state index >= 15 is 0 Å². The largest absolute Gasteiger partial charge is 0.369 e. The van der Waals surface area contributed by atoms with Crippen LogP contribution < -0.4 is 10.2 Å². The Morgan fingerprint density at radius 3 is 2.61 bits per heavy atom. The van der Waals surface area contributed by atoms with Crippen LogP contribution in [0.5, 0.6) is 0 Å². The number of benzene rings is 3. The second-order valence-corrected chi connectivity index (χ2v) is 8.99. The van der Waals surface area contributed by atoms with Crippen molar-refractivity contribution >= 4 is 39.2 Å². The van der Waals surface area contributed by atoms with Crippen molar-refractivity contribution in [1.29, 1.82) is 0 Å². The predicted octanol–water partition coefficient (Wildman–Crippen LogP) is 4.39. The number of rotatable bonds is 4. The Morgan fingerprint density at radius 2 is 1.81 bits per heavy atom. The number of hydrogen-bond donors (Lipinski definition) is 3. The summed E-state index contributed by atoms with van der Waals surface area (Å²) in [4.78, 5) is 25.3. The van der Waals surface area contributed by atoms with Gasteiger partial charge in [0.05, 0.1) is 22.1 Å². The number of halogens is 2. The van der Waals surface area contributed by atoms with Gasteiger partial charge >= 0.3 is 0 Å². The first-order chi connectivity index (χ1) is 17.4. The number of fused-ring (bicyclic) bond motifs is 2. The molecule has 3 N–H and O–H groups in total. The summed E-state index contributed by atoms with van der Waals surface area (Å²) in [6.45, 7) is 4.04. The molecule has 1 aliphatic heterocycles. The average Bonchev–Trinajstić information content (AvgIpc) is 3.47. The monoisotopic (exact) mass is 487 g/mol. The minimum absolute atomic E-state index is 0.236. The lowest BCUT2D eigenvalue weighted by Crippen LogP contribution is -2.44. The first-order valence-corrected chi connectivity index (χ1v) is 11.6. The van der Waals surface area contributed by atoms with Crippen LogP contribution in [-0.4, -0.2) is 64.2 Å². The number of aromatic nitrogens is 4. The molecule has 0 radical (unpaired) electrons. The summed E-state index contributed by atoms with van der Waals surface area (Å²) in [5.41, 5.74) is 4.50. The number of aromatic amines is 2. The van der Waals surface area contributed by atoms with Crippen molar-refractivity contribution < 1.29 is 13.6 Å². The average molecular weight is 488 g/mol. The molecule has 1 saturated heterocycles. The molecule has 3 aromatic carbocycles. The molecule has 3 heterocycles. The van der Waals surface area contributed by atoms with Gasteiger partial charge in [-0.15, -0.1) is 0 Å². The normalized spacial score (nSPS) is 14.6. The van der Waals surface area contributed by atoms with Gasteiger partial charge in [-0.1, -0.05) is 0 Å². The van der Waals surface area contributed by atoms with E-state index in [2.05, 4.69) is 49.5 Å². The maximum Gasteiger partial charge on any atom is 0.258 e. The zero-order valence-electron chi connectivity index (χ0n) is 19.5. The number of imidazole rings is 1. The maximum atomic E-state index is 13.9. The molecular formula is C26H23F2N7O. The van der Waals surface area contributed by atoms with Gasteiger partial charge in [0.1, 0.15) is 17.3 Å². The molecule has 1 aliphatic rings. The number of H-pyrrole nitrogens is 2. The molecule has 182 valence electrons. The van der Waals surface area contributed by atoms with Crippen molar-refractivity contribution in [3.05, 3.63) is 71.8 Å². The SMILES string of the molecule is CN1CCN(c2ccc3nc(-c4n[nH]c5cc(NC(=O)c6ccc(F)cc6F)ccc45)[nH]c3c2)CC1. The lowest BCUT2D eigenvalue weighted by atomic mass is 10.1. The third-order valence-corrected chi connectivity index (χ3v) is 6.55. The van der Waals surface area contributed by atoms with Crippen LogP contribution in [0.3, 0.4) is 0 Å². The van der Waals surface area contributed by atoms with Gasteiger partial charge in [0.2, 0.25) is 0 Å². The van der Waals surface area contributed by atoms with Crippen LogP contribution in [0.15, 0.2) is 54.6 Å². The van der Waals surface area contributed by atoms with Crippen LogP contribution in [0.4, 0.5) is 20.2 Å². The highest BCUT2D eigenvalue weighted by atomic mass is 19.1. The maximum absolute atomic E-state index is 13.9. The van der Waals surface area contributed by atoms with E-state index in [1.165, 1.54) is 0 Å². The minimum Gasteiger partial charge on any atom is -0.369 e. The molecule has 6 rings (SSSR count). The van der Waals surface area contributed by atoms with Gasteiger partial charge in [-0.2, -0.15) is 5.10 Å². The van der Waals surface area contributed by atoms with Gasteiger partial charge in [0.15, 0.2) is 5.82 Å². The molecule has 36 heavy (non-hydrogen) atoms. The van der Waals surface area contributed by atoms with E-state index in [0.717, 1.165) is 60.4 Å². The number of nitrogens with zero attached hydrogens (tertiary/aromatic N) is 4. The highest BCUT2D eigenvalue weighted by Gasteiger charge is 2.18. The van der Waals surface area contributed by atoms with Crippen LogP contribution in [0, 0.1) is 11.6 Å². The van der Waals surface area contributed by atoms with Crippen molar-refractivity contribution in [2.75, 3.05) is 43.4 Å². The smallest absolute Gasteiger partial charge is 0.258 e. The number of amides is 1. The van der Waals surface area contributed by atoms with Crippen LogP contribution >= 0.6 is 0 Å². The number of carbonyl (C=O) groups excluding carboxylic acids is 1. The van der Waals surface area contributed by atoms with Gasteiger partial charge in [-0.3, -0.25) is 9.89 Å². The van der Waals surface area contributed by atoms with E-state index in [1.807, 2.05) is 12.1 Å². The van der Waals surface area contributed by atoms with Crippen LogP contribution in [0.1, 0.15) is 10.4 Å². The first kappa shape index (κ1) is 22.2. The number of nitrogens with one attached hydrogen (secondary N) is 3. The molecule has 8 nitrogen and oxygen atoms in total. The van der Waals surface area contributed by atoms with E-state index in [0.29, 0.717) is 28.8 Å². The molecule has 0 unspecified atom stereocenters. The van der Waals surface area contributed by atoms with Crippen molar-refractivity contribution in [3.63, 3.8) is 0 Å². The third kappa shape index (κ3) is 4.05. The molecule has 0 spiro atoms. The molecule has 5 aromatic rings. The van der Waals surface area contributed by atoms with Crippen molar-refractivity contribution in [2.45, 2.75) is 0 Å². The molecular weight excluding hydrogens is 464 g/mol. The number of piperazine rings is 1. The van der Waals surface area contributed by atoms with E-state index < -0.39 is 17.5 Å².